The summed E-state index contributed by atoms with van der Waals surface area (Å²) in [5.74, 6) is 0. The third-order valence-corrected chi connectivity index (χ3v) is 5.72. The fourth-order valence-corrected chi connectivity index (χ4v) is 4.23. The first kappa shape index (κ1) is 16.6. The molecule has 1 aliphatic rings. The van der Waals surface area contributed by atoms with Crippen molar-refractivity contribution in [3.8, 4) is 17.4 Å². The molecule has 0 amide bonds. The highest BCUT2D eigenvalue weighted by molar-refractivity contribution is 6.33. The van der Waals surface area contributed by atoms with E-state index in [1.165, 1.54) is 24.6 Å². The standard InChI is InChI=1S/C21H21ClN4O/c1-26-17-10-6-5-7-13(17)11-18(26)19-15(22)12-16-20(24-19)25-21(23-16)27-14-8-3-2-4-9-14/h5-7,10-12,14H,2-4,8-9H2,1H3,(H,23,24,25). The summed E-state index contributed by atoms with van der Waals surface area (Å²) in [5.41, 5.74) is 4.30. The molecule has 0 unspecified atom stereocenters. The van der Waals surface area contributed by atoms with Crippen molar-refractivity contribution in [1.82, 2.24) is 19.5 Å². The number of halogens is 1. The highest BCUT2D eigenvalue weighted by atomic mass is 35.5. The van der Waals surface area contributed by atoms with E-state index >= 15 is 0 Å². The van der Waals surface area contributed by atoms with Crippen molar-refractivity contribution in [3.05, 3.63) is 41.4 Å². The minimum Gasteiger partial charge on any atom is -0.461 e. The molecule has 1 fully saturated rings. The molecule has 0 aliphatic heterocycles. The monoisotopic (exact) mass is 380 g/mol. The average molecular weight is 381 g/mol. The number of aromatic amines is 1. The van der Waals surface area contributed by atoms with Gasteiger partial charge in [0.05, 0.1) is 10.7 Å². The molecule has 0 spiro atoms. The molecule has 3 heterocycles. The molecule has 3 aromatic heterocycles. The van der Waals surface area contributed by atoms with Gasteiger partial charge in [-0.15, -0.1) is 0 Å². The SMILES string of the molecule is Cn1c(-c2nc3[nH]c(OC4CCCCC4)nc3cc2Cl)cc2ccccc21. The number of imidazole rings is 1. The van der Waals surface area contributed by atoms with Gasteiger partial charge in [0.15, 0.2) is 5.65 Å². The van der Waals surface area contributed by atoms with Gasteiger partial charge in [0, 0.05) is 18.0 Å². The fourth-order valence-electron chi connectivity index (χ4n) is 3.99. The van der Waals surface area contributed by atoms with Gasteiger partial charge in [0.25, 0.3) is 6.01 Å². The second-order valence-corrected chi connectivity index (χ2v) is 7.66. The first-order valence-electron chi connectivity index (χ1n) is 9.47. The number of H-pyrrole nitrogens is 1. The van der Waals surface area contributed by atoms with E-state index in [4.69, 9.17) is 21.3 Å². The summed E-state index contributed by atoms with van der Waals surface area (Å²) in [4.78, 5) is 12.5. The number of pyridine rings is 1. The van der Waals surface area contributed by atoms with Gasteiger partial charge in [0.1, 0.15) is 17.3 Å². The molecule has 138 valence electrons. The quantitative estimate of drug-likeness (QED) is 0.512. The third-order valence-electron chi connectivity index (χ3n) is 5.43. The van der Waals surface area contributed by atoms with Gasteiger partial charge in [-0.1, -0.05) is 36.2 Å². The number of nitrogens with zero attached hydrogens (tertiary/aromatic N) is 3. The predicted molar refractivity (Wildman–Crippen MR) is 108 cm³/mol. The number of hydrogen-bond acceptors (Lipinski definition) is 3. The van der Waals surface area contributed by atoms with Crippen LogP contribution in [0.3, 0.4) is 0 Å². The summed E-state index contributed by atoms with van der Waals surface area (Å²) >= 11 is 6.57. The number of ether oxygens (including phenoxy) is 1. The number of aryl methyl sites for hydroxylation is 1. The second kappa shape index (κ2) is 6.57. The molecule has 0 bridgehead atoms. The van der Waals surface area contributed by atoms with Gasteiger partial charge in [-0.25, -0.2) is 4.98 Å². The normalized spacial score (nSPS) is 15.6. The molecule has 1 aromatic carbocycles. The maximum Gasteiger partial charge on any atom is 0.296 e. The van der Waals surface area contributed by atoms with Gasteiger partial charge in [-0.3, -0.25) is 4.98 Å². The van der Waals surface area contributed by atoms with Crippen LogP contribution in [0.25, 0.3) is 33.5 Å². The zero-order valence-corrected chi connectivity index (χ0v) is 16.0. The summed E-state index contributed by atoms with van der Waals surface area (Å²) in [6.07, 6.45) is 6.16. The van der Waals surface area contributed by atoms with Crippen LogP contribution in [0.1, 0.15) is 32.1 Å². The summed E-state index contributed by atoms with van der Waals surface area (Å²) in [6, 6.07) is 12.8. The lowest BCUT2D eigenvalue weighted by molar-refractivity contribution is 0.143. The number of rotatable bonds is 3. The van der Waals surface area contributed by atoms with E-state index in [1.807, 2.05) is 25.2 Å². The minimum atomic E-state index is 0.243. The molecule has 4 aromatic rings. The molecule has 6 heteroatoms. The summed E-state index contributed by atoms with van der Waals surface area (Å²) in [5, 5.41) is 1.75. The number of fused-ring (bicyclic) bond motifs is 2. The molecular weight excluding hydrogens is 360 g/mol. The first-order chi connectivity index (χ1) is 13.2. The van der Waals surface area contributed by atoms with Gasteiger partial charge in [-0.2, -0.15) is 4.98 Å². The Hall–Kier alpha value is -2.53. The summed E-state index contributed by atoms with van der Waals surface area (Å²) in [7, 11) is 2.03. The van der Waals surface area contributed by atoms with E-state index in [-0.39, 0.29) is 6.10 Å². The fraction of sp³-hybridized carbons (Fsp3) is 0.333. The van der Waals surface area contributed by atoms with Crippen LogP contribution < -0.4 is 4.74 Å². The van der Waals surface area contributed by atoms with Crippen molar-refractivity contribution in [3.63, 3.8) is 0 Å². The summed E-state index contributed by atoms with van der Waals surface area (Å²) < 4.78 is 8.16. The molecule has 5 nitrogen and oxygen atoms in total. The lowest BCUT2D eigenvalue weighted by Gasteiger charge is -2.21. The largest absolute Gasteiger partial charge is 0.461 e. The maximum absolute atomic E-state index is 6.57. The highest BCUT2D eigenvalue weighted by Gasteiger charge is 2.19. The van der Waals surface area contributed by atoms with Crippen molar-refractivity contribution < 1.29 is 4.74 Å². The number of benzene rings is 1. The van der Waals surface area contributed by atoms with Crippen LogP contribution in [0.4, 0.5) is 0 Å². The highest BCUT2D eigenvalue weighted by Crippen LogP contribution is 2.33. The van der Waals surface area contributed by atoms with Crippen LogP contribution >= 0.6 is 11.6 Å². The topological polar surface area (TPSA) is 55.7 Å². The van der Waals surface area contributed by atoms with Crippen LogP contribution in [0, 0.1) is 0 Å². The van der Waals surface area contributed by atoms with Crippen molar-refractivity contribution >= 4 is 33.7 Å². The molecule has 0 radical (unpaired) electrons. The Morgan fingerprint density at radius 1 is 1.11 bits per heavy atom. The van der Waals surface area contributed by atoms with Gasteiger partial charge < -0.3 is 9.30 Å². The molecule has 5 rings (SSSR count). The lowest BCUT2D eigenvalue weighted by atomic mass is 9.98. The van der Waals surface area contributed by atoms with Crippen LogP contribution in [-0.4, -0.2) is 25.6 Å². The molecule has 0 atom stereocenters. The predicted octanol–water partition coefficient (Wildman–Crippen LogP) is 5.48. The Morgan fingerprint density at radius 3 is 2.74 bits per heavy atom. The van der Waals surface area contributed by atoms with E-state index in [1.54, 1.807) is 0 Å². The third kappa shape index (κ3) is 2.96. The Labute approximate surface area is 162 Å². The molecule has 1 aliphatic carbocycles. The number of hydrogen-bond donors (Lipinski definition) is 1. The van der Waals surface area contributed by atoms with Crippen LogP contribution in [0.15, 0.2) is 36.4 Å². The Morgan fingerprint density at radius 2 is 1.93 bits per heavy atom. The van der Waals surface area contributed by atoms with Gasteiger partial charge in [-0.05, 0) is 43.9 Å². The second-order valence-electron chi connectivity index (χ2n) is 7.25. The van der Waals surface area contributed by atoms with Crippen molar-refractivity contribution in [2.45, 2.75) is 38.2 Å². The molecule has 1 saturated carbocycles. The van der Waals surface area contributed by atoms with Crippen molar-refractivity contribution in [1.29, 1.82) is 0 Å². The smallest absolute Gasteiger partial charge is 0.296 e. The van der Waals surface area contributed by atoms with Crippen LogP contribution in [0.2, 0.25) is 5.02 Å². The van der Waals surface area contributed by atoms with E-state index in [9.17, 15) is 0 Å². The summed E-state index contributed by atoms with van der Waals surface area (Å²) in [6.45, 7) is 0. The van der Waals surface area contributed by atoms with Gasteiger partial charge >= 0.3 is 0 Å². The first-order valence-corrected chi connectivity index (χ1v) is 9.84. The molecular formula is C21H21ClN4O. The van der Waals surface area contributed by atoms with Crippen molar-refractivity contribution in [2.24, 2.45) is 7.05 Å². The Bertz CT molecular complexity index is 1120. The maximum atomic E-state index is 6.57. The van der Waals surface area contributed by atoms with E-state index in [0.717, 1.165) is 35.3 Å². The molecule has 27 heavy (non-hydrogen) atoms. The van der Waals surface area contributed by atoms with Crippen molar-refractivity contribution in [2.75, 3.05) is 0 Å². The number of aromatic nitrogens is 4. The van der Waals surface area contributed by atoms with Crippen LogP contribution in [0.5, 0.6) is 6.01 Å². The minimum absolute atomic E-state index is 0.243. The van der Waals surface area contributed by atoms with Crippen LogP contribution in [-0.2, 0) is 7.05 Å². The Balaban J connectivity index is 1.54. The number of nitrogens with one attached hydrogen (secondary N) is 1. The molecule has 0 saturated heterocycles. The lowest BCUT2D eigenvalue weighted by Crippen LogP contribution is -2.20. The zero-order valence-electron chi connectivity index (χ0n) is 15.2. The zero-order chi connectivity index (χ0) is 18.4. The Kier molecular flexibility index (Phi) is 4.05. The van der Waals surface area contributed by atoms with Gasteiger partial charge in [0.2, 0.25) is 0 Å². The average Bonchev–Trinajstić information content (AvgIpc) is 3.22. The molecule has 1 N–H and O–H groups in total. The van der Waals surface area contributed by atoms with E-state index in [0.29, 0.717) is 16.7 Å². The van der Waals surface area contributed by atoms with E-state index < -0.39 is 0 Å². The number of para-hydroxylation sites is 1. The van der Waals surface area contributed by atoms with E-state index in [2.05, 4.69) is 32.7 Å².